The molecule has 1 aromatic rings. The summed E-state index contributed by atoms with van der Waals surface area (Å²) in [6.07, 6.45) is 0.357. The molecular formula is C16H22FNO3. The Labute approximate surface area is 124 Å². The third-order valence-corrected chi connectivity index (χ3v) is 4.13. The van der Waals surface area contributed by atoms with Crippen molar-refractivity contribution in [2.45, 2.75) is 38.0 Å². The third kappa shape index (κ3) is 3.53. The van der Waals surface area contributed by atoms with Gasteiger partial charge in [0.1, 0.15) is 5.75 Å². The number of esters is 1. The van der Waals surface area contributed by atoms with E-state index >= 15 is 0 Å². The zero-order chi connectivity index (χ0) is 15.5. The molecule has 1 saturated heterocycles. The summed E-state index contributed by atoms with van der Waals surface area (Å²) in [4.78, 5) is 13.7. The Balaban J connectivity index is 1.98. The number of carbonyl (C=O) groups excluding carboxylic acids is 1. The second-order valence-corrected chi connectivity index (χ2v) is 5.58. The van der Waals surface area contributed by atoms with Crippen molar-refractivity contribution in [3.05, 3.63) is 29.8 Å². The van der Waals surface area contributed by atoms with Gasteiger partial charge in [-0.1, -0.05) is 12.1 Å². The predicted molar refractivity (Wildman–Crippen MR) is 78.0 cm³/mol. The van der Waals surface area contributed by atoms with E-state index in [-0.39, 0.29) is 18.9 Å². The first-order valence-corrected chi connectivity index (χ1v) is 7.13. The van der Waals surface area contributed by atoms with Crippen LogP contribution >= 0.6 is 0 Å². The molecule has 0 spiro atoms. The highest BCUT2D eigenvalue weighted by Crippen LogP contribution is 2.32. The van der Waals surface area contributed by atoms with E-state index in [0.717, 1.165) is 17.9 Å². The van der Waals surface area contributed by atoms with Gasteiger partial charge in [0.05, 0.1) is 14.2 Å². The van der Waals surface area contributed by atoms with Crippen molar-refractivity contribution in [2.75, 3.05) is 20.8 Å². The van der Waals surface area contributed by atoms with Crippen LogP contribution in [0.1, 0.15) is 25.3 Å². The van der Waals surface area contributed by atoms with Crippen molar-refractivity contribution in [1.29, 1.82) is 0 Å². The largest absolute Gasteiger partial charge is 0.497 e. The van der Waals surface area contributed by atoms with Gasteiger partial charge in [0.2, 0.25) is 5.67 Å². The molecule has 116 valence electrons. The molecule has 1 heterocycles. The molecular weight excluding hydrogens is 273 g/mol. The Bertz CT molecular complexity index is 491. The molecule has 0 radical (unpaired) electrons. The number of carbonyl (C=O) groups is 1. The smallest absolute Gasteiger partial charge is 0.343 e. The summed E-state index contributed by atoms with van der Waals surface area (Å²) in [5.74, 6) is 0.0670. The summed E-state index contributed by atoms with van der Waals surface area (Å²) in [5.41, 5.74) is -0.697. The van der Waals surface area contributed by atoms with E-state index in [9.17, 15) is 9.18 Å². The van der Waals surface area contributed by atoms with Crippen molar-refractivity contribution < 1.29 is 18.7 Å². The maximum Gasteiger partial charge on any atom is 0.343 e. The highest BCUT2D eigenvalue weighted by Gasteiger charge is 2.45. The van der Waals surface area contributed by atoms with E-state index in [0.29, 0.717) is 6.54 Å². The van der Waals surface area contributed by atoms with E-state index in [1.54, 1.807) is 7.11 Å². The van der Waals surface area contributed by atoms with Crippen molar-refractivity contribution in [2.24, 2.45) is 0 Å². The van der Waals surface area contributed by atoms with Crippen LogP contribution in [0.2, 0.25) is 0 Å². The Morgan fingerprint density at radius 1 is 1.38 bits per heavy atom. The molecule has 5 heteroatoms. The average molecular weight is 295 g/mol. The van der Waals surface area contributed by atoms with Gasteiger partial charge < -0.3 is 9.47 Å². The van der Waals surface area contributed by atoms with E-state index in [2.05, 4.69) is 9.64 Å². The Hall–Kier alpha value is -1.62. The standard InChI is InChI=1S/C16H22FNO3/c1-12-10-16(17,15(19)21-3)8-9-18(12)11-13-4-6-14(20-2)7-5-13/h4-7,12H,8-11H2,1-3H3. The summed E-state index contributed by atoms with van der Waals surface area (Å²) in [7, 11) is 2.87. The van der Waals surface area contributed by atoms with Crippen LogP contribution < -0.4 is 4.74 Å². The first-order valence-electron chi connectivity index (χ1n) is 7.13. The summed E-state index contributed by atoms with van der Waals surface area (Å²) in [5, 5.41) is 0. The number of ether oxygens (including phenoxy) is 2. The monoisotopic (exact) mass is 295 g/mol. The van der Waals surface area contributed by atoms with Crippen LogP contribution in [0.3, 0.4) is 0 Å². The van der Waals surface area contributed by atoms with Gasteiger partial charge in [-0.15, -0.1) is 0 Å². The van der Waals surface area contributed by atoms with E-state index in [1.807, 2.05) is 31.2 Å². The third-order valence-electron chi connectivity index (χ3n) is 4.13. The summed E-state index contributed by atoms with van der Waals surface area (Å²) in [6, 6.07) is 7.83. The molecule has 0 amide bonds. The fraction of sp³-hybridized carbons (Fsp3) is 0.562. The first-order chi connectivity index (χ1) is 9.98. The number of likely N-dealkylation sites (tertiary alicyclic amines) is 1. The molecule has 21 heavy (non-hydrogen) atoms. The van der Waals surface area contributed by atoms with Gasteiger partial charge in [-0.05, 0) is 24.6 Å². The SMILES string of the molecule is COC(=O)C1(F)CCN(Cc2ccc(OC)cc2)C(C)C1. The van der Waals surface area contributed by atoms with Gasteiger partial charge in [0, 0.05) is 32.0 Å². The van der Waals surface area contributed by atoms with E-state index in [1.165, 1.54) is 7.11 Å². The van der Waals surface area contributed by atoms with Gasteiger partial charge in [-0.3, -0.25) is 4.90 Å². The molecule has 1 aromatic carbocycles. The van der Waals surface area contributed by atoms with Crippen LogP contribution in [0.4, 0.5) is 4.39 Å². The number of methoxy groups -OCH3 is 2. The quantitative estimate of drug-likeness (QED) is 0.800. The molecule has 1 aliphatic rings. The molecule has 2 unspecified atom stereocenters. The lowest BCUT2D eigenvalue weighted by Crippen LogP contribution is -2.50. The second kappa shape index (κ2) is 6.43. The number of nitrogens with zero attached hydrogens (tertiary/aromatic N) is 1. The lowest BCUT2D eigenvalue weighted by atomic mass is 9.88. The average Bonchev–Trinajstić information content (AvgIpc) is 2.50. The van der Waals surface area contributed by atoms with E-state index in [4.69, 9.17) is 4.74 Å². The minimum Gasteiger partial charge on any atom is -0.497 e. The molecule has 1 fully saturated rings. The fourth-order valence-corrected chi connectivity index (χ4v) is 2.81. The molecule has 0 bridgehead atoms. The van der Waals surface area contributed by atoms with Gasteiger partial charge in [0.15, 0.2) is 0 Å². The zero-order valence-corrected chi connectivity index (χ0v) is 12.8. The van der Waals surface area contributed by atoms with Gasteiger partial charge in [-0.25, -0.2) is 9.18 Å². The summed E-state index contributed by atoms with van der Waals surface area (Å²) < 4.78 is 24.2. The molecule has 0 N–H and O–H groups in total. The predicted octanol–water partition coefficient (Wildman–Crippen LogP) is 2.56. The minimum atomic E-state index is -1.84. The first kappa shape index (κ1) is 15.8. The van der Waals surface area contributed by atoms with Crippen LogP contribution in [-0.2, 0) is 16.1 Å². The van der Waals surface area contributed by atoms with E-state index < -0.39 is 11.6 Å². The van der Waals surface area contributed by atoms with Crippen LogP contribution in [0.25, 0.3) is 0 Å². The normalized spacial score (nSPS) is 26.4. The molecule has 1 aliphatic heterocycles. The van der Waals surface area contributed by atoms with Gasteiger partial charge in [0.25, 0.3) is 0 Å². The Kier molecular flexibility index (Phi) is 4.83. The Morgan fingerprint density at radius 3 is 2.57 bits per heavy atom. The van der Waals surface area contributed by atoms with Crippen molar-refractivity contribution in [3.63, 3.8) is 0 Å². The number of halogens is 1. The molecule has 0 aliphatic carbocycles. The van der Waals surface area contributed by atoms with Crippen LogP contribution in [0, 0.1) is 0 Å². The molecule has 2 rings (SSSR count). The van der Waals surface area contributed by atoms with Gasteiger partial charge in [-0.2, -0.15) is 0 Å². The number of benzene rings is 1. The Morgan fingerprint density at radius 2 is 2.05 bits per heavy atom. The highest BCUT2D eigenvalue weighted by atomic mass is 19.1. The van der Waals surface area contributed by atoms with Gasteiger partial charge >= 0.3 is 5.97 Å². The number of piperidine rings is 1. The van der Waals surface area contributed by atoms with Crippen LogP contribution in [0.5, 0.6) is 5.75 Å². The second-order valence-electron chi connectivity index (χ2n) is 5.58. The molecule has 0 saturated carbocycles. The number of alkyl halides is 1. The maximum absolute atomic E-state index is 14.5. The van der Waals surface area contributed by atoms with Crippen molar-refractivity contribution in [1.82, 2.24) is 4.90 Å². The highest BCUT2D eigenvalue weighted by molar-refractivity contribution is 5.79. The molecule has 4 nitrogen and oxygen atoms in total. The minimum absolute atomic E-state index is 0.00930. The topological polar surface area (TPSA) is 38.8 Å². The zero-order valence-electron chi connectivity index (χ0n) is 12.8. The lowest BCUT2D eigenvalue weighted by molar-refractivity contribution is -0.159. The fourth-order valence-electron chi connectivity index (χ4n) is 2.81. The number of rotatable bonds is 4. The number of hydrogen-bond acceptors (Lipinski definition) is 4. The summed E-state index contributed by atoms with van der Waals surface area (Å²) >= 11 is 0. The molecule has 0 aromatic heterocycles. The van der Waals surface area contributed by atoms with Crippen LogP contribution in [0.15, 0.2) is 24.3 Å². The van der Waals surface area contributed by atoms with Crippen molar-refractivity contribution >= 4 is 5.97 Å². The van der Waals surface area contributed by atoms with Crippen molar-refractivity contribution in [3.8, 4) is 5.75 Å². The lowest BCUT2D eigenvalue weighted by Gasteiger charge is -2.39. The maximum atomic E-state index is 14.5. The number of hydrogen-bond donors (Lipinski definition) is 0. The molecule has 2 atom stereocenters. The van der Waals surface area contributed by atoms with Crippen LogP contribution in [-0.4, -0.2) is 43.3 Å². The summed E-state index contributed by atoms with van der Waals surface area (Å²) in [6.45, 7) is 3.22.